The van der Waals surface area contributed by atoms with Crippen molar-refractivity contribution in [3.05, 3.63) is 69.9 Å². The van der Waals surface area contributed by atoms with E-state index in [0.29, 0.717) is 36.6 Å². The van der Waals surface area contributed by atoms with Crippen molar-refractivity contribution in [1.29, 1.82) is 0 Å². The van der Waals surface area contributed by atoms with Gasteiger partial charge in [-0.25, -0.2) is 0 Å². The first-order chi connectivity index (χ1) is 15.0. The molecule has 0 aromatic heterocycles. The summed E-state index contributed by atoms with van der Waals surface area (Å²) in [7, 11) is 1.53. The lowest BCUT2D eigenvalue weighted by molar-refractivity contribution is -0.384. The van der Waals surface area contributed by atoms with Crippen molar-refractivity contribution in [2.24, 2.45) is 0 Å². The zero-order valence-electron chi connectivity index (χ0n) is 17.3. The van der Waals surface area contributed by atoms with Crippen LogP contribution in [0.25, 0.3) is 5.57 Å². The molecule has 0 radical (unpaired) electrons. The lowest BCUT2D eigenvalue weighted by atomic mass is 10.0. The van der Waals surface area contributed by atoms with Gasteiger partial charge in [-0.15, -0.1) is 0 Å². The van der Waals surface area contributed by atoms with Crippen molar-refractivity contribution in [1.82, 2.24) is 4.90 Å². The first kappa shape index (κ1) is 22.0. The number of ether oxygens (including phenoxy) is 2. The van der Waals surface area contributed by atoms with E-state index < -0.39 is 16.7 Å². The molecular weight excluding hydrogens is 402 g/mol. The van der Waals surface area contributed by atoms with E-state index in [0.717, 1.165) is 4.90 Å². The molecule has 1 N–H and O–H groups in total. The fourth-order valence-corrected chi connectivity index (χ4v) is 3.23. The smallest absolute Gasteiger partial charge is 0.278 e. The standard InChI is InChI=1S/C22H23N3O6/c1-3-31-13-5-12-24-21(26)19(15-8-10-17(11-9-15)25(28)29)20(22(24)27)23-16-6-4-7-18(14-16)30-2/h4,6-11,14,23H,3,5,12-13H2,1-2H3. The summed E-state index contributed by atoms with van der Waals surface area (Å²) in [4.78, 5) is 37.8. The van der Waals surface area contributed by atoms with Gasteiger partial charge in [0.05, 0.1) is 17.6 Å². The SMILES string of the molecule is CCOCCCN1C(=O)C(Nc2cccc(OC)c2)=C(c2ccc([N+](=O)[O-])cc2)C1=O. The van der Waals surface area contributed by atoms with Crippen LogP contribution in [0.4, 0.5) is 11.4 Å². The highest BCUT2D eigenvalue weighted by Crippen LogP contribution is 2.32. The monoisotopic (exact) mass is 425 g/mol. The van der Waals surface area contributed by atoms with E-state index in [1.807, 2.05) is 6.92 Å². The first-order valence-electron chi connectivity index (χ1n) is 9.80. The number of carbonyl (C=O) groups excluding carboxylic acids is 2. The van der Waals surface area contributed by atoms with Crippen molar-refractivity contribution in [3.8, 4) is 5.75 Å². The van der Waals surface area contributed by atoms with Crippen molar-refractivity contribution in [3.63, 3.8) is 0 Å². The highest BCUT2D eigenvalue weighted by Gasteiger charge is 2.39. The molecule has 2 aromatic rings. The van der Waals surface area contributed by atoms with Crippen LogP contribution in [0.1, 0.15) is 18.9 Å². The zero-order valence-corrected chi connectivity index (χ0v) is 17.3. The van der Waals surface area contributed by atoms with E-state index in [9.17, 15) is 19.7 Å². The Morgan fingerprint density at radius 3 is 2.48 bits per heavy atom. The Bertz CT molecular complexity index is 1020. The molecule has 9 nitrogen and oxygen atoms in total. The summed E-state index contributed by atoms with van der Waals surface area (Å²) >= 11 is 0. The van der Waals surface area contributed by atoms with Gasteiger partial charge >= 0.3 is 0 Å². The number of anilines is 1. The van der Waals surface area contributed by atoms with Crippen LogP contribution in [-0.2, 0) is 14.3 Å². The molecule has 0 spiro atoms. The highest BCUT2D eigenvalue weighted by molar-refractivity contribution is 6.36. The molecule has 31 heavy (non-hydrogen) atoms. The molecule has 0 unspecified atom stereocenters. The average molecular weight is 425 g/mol. The number of hydrogen-bond acceptors (Lipinski definition) is 7. The third kappa shape index (κ3) is 4.89. The number of carbonyl (C=O) groups is 2. The first-order valence-corrected chi connectivity index (χ1v) is 9.80. The Hall–Kier alpha value is -3.72. The third-order valence-electron chi connectivity index (χ3n) is 4.75. The molecule has 0 saturated carbocycles. The van der Waals surface area contributed by atoms with E-state index in [4.69, 9.17) is 9.47 Å². The molecule has 0 aliphatic carbocycles. The minimum Gasteiger partial charge on any atom is -0.497 e. The van der Waals surface area contributed by atoms with Crippen LogP contribution in [0.15, 0.2) is 54.2 Å². The van der Waals surface area contributed by atoms with Crippen LogP contribution in [0.5, 0.6) is 5.75 Å². The molecule has 2 aromatic carbocycles. The Morgan fingerprint density at radius 2 is 1.84 bits per heavy atom. The number of amides is 2. The van der Waals surface area contributed by atoms with Crippen LogP contribution in [-0.4, -0.2) is 48.5 Å². The predicted molar refractivity (Wildman–Crippen MR) is 114 cm³/mol. The van der Waals surface area contributed by atoms with Crippen LogP contribution in [0.3, 0.4) is 0 Å². The van der Waals surface area contributed by atoms with Crippen molar-refractivity contribution >= 4 is 28.8 Å². The molecule has 1 aliphatic heterocycles. The summed E-state index contributed by atoms with van der Waals surface area (Å²) < 4.78 is 10.5. The van der Waals surface area contributed by atoms with Crippen LogP contribution in [0.2, 0.25) is 0 Å². The molecular formula is C22H23N3O6. The van der Waals surface area contributed by atoms with Crippen molar-refractivity contribution < 1.29 is 24.0 Å². The molecule has 3 rings (SSSR count). The summed E-state index contributed by atoms with van der Waals surface area (Å²) in [5, 5.41) is 14.0. The van der Waals surface area contributed by atoms with Gasteiger partial charge < -0.3 is 14.8 Å². The molecule has 0 bridgehead atoms. The number of nitro benzene ring substituents is 1. The van der Waals surface area contributed by atoms with Crippen LogP contribution in [0, 0.1) is 10.1 Å². The summed E-state index contributed by atoms with van der Waals surface area (Å²) in [6.45, 7) is 3.06. The van der Waals surface area contributed by atoms with Gasteiger partial charge in [-0.2, -0.15) is 0 Å². The van der Waals surface area contributed by atoms with Gasteiger partial charge in [0.2, 0.25) is 0 Å². The van der Waals surface area contributed by atoms with Gasteiger partial charge in [-0.3, -0.25) is 24.6 Å². The predicted octanol–water partition coefficient (Wildman–Crippen LogP) is 3.22. The summed E-state index contributed by atoms with van der Waals surface area (Å²) in [6.07, 6.45) is 0.505. The molecule has 1 heterocycles. The fraction of sp³-hybridized carbons (Fsp3) is 0.273. The van der Waals surface area contributed by atoms with E-state index >= 15 is 0 Å². The molecule has 0 atom stereocenters. The fourth-order valence-electron chi connectivity index (χ4n) is 3.23. The second kappa shape index (κ2) is 9.86. The molecule has 0 fully saturated rings. The number of rotatable bonds is 10. The Balaban J connectivity index is 1.96. The normalized spacial score (nSPS) is 13.7. The molecule has 2 amide bonds. The van der Waals surface area contributed by atoms with Gasteiger partial charge in [0, 0.05) is 43.6 Å². The van der Waals surface area contributed by atoms with E-state index in [2.05, 4.69) is 5.32 Å². The minimum absolute atomic E-state index is 0.100. The maximum Gasteiger partial charge on any atom is 0.278 e. The number of hydrogen-bond donors (Lipinski definition) is 1. The molecule has 0 saturated heterocycles. The van der Waals surface area contributed by atoms with E-state index in [1.165, 1.54) is 31.4 Å². The number of nitro groups is 1. The third-order valence-corrected chi connectivity index (χ3v) is 4.75. The van der Waals surface area contributed by atoms with Crippen LogP contribution < -0.4 is 10.1 Å². The number of non-ortho nitro benzene ring substituents is 1. The average Bonchev–Trinajstić information content (AvgIpc) is 3.00. The largest absolute Gasteiger partial charge is 0.497 e. The second-order valence-electron chi connectivity index (χ2n) is 6.72. The lowest BCUT2D eigenvalue weighted by Gasteiger charge is -2.15. The number of imide groups is 1. The van der Waals surface area contributed by atoms with Crippen LogP contribution >= 0.6 is 0 Å². The van der Waals surface area contributed by atoms with Gasteiger partial charge in [-0.05, 0) is 43.2 Å². The van der Waals surface area contributed by atoms with Crippen molar-refractivity contribution in [2.75, 3.05) is 32.2 Å². The molecule has 162 valence electrons. The Labute approximate surface area is 179 Å². The topological polar surface area (TPSA) is 111 Å². The van der Waals surface area contributed by atoms with Gasteiger partial charge in [0.15, 0.2) is 0 Å². The molecule has 1 aliphatic rings. The van der Waals surface area contributed by atoms with Gasteiger partial charge in [-0.1, -0.05) is 6.07 Å². The number of nitrogens with zero attached hydrogens (tertiary/aromatic N) is 2. The quantitative estimate of drug-likeness (QED) is 0.269. The Morgan fingerprint density at radius 1 is 1.10 bits per heavy atom. The minimum atomic E-state index is -0.519. The summed E-state index contributed by atoms with van der Waals surface area (Å²) in [5.74, 6) is -0.328. The lowest BCUT2D eigenvalue weighted by Crippen LogP contribution is -2.34. The summed E-state index contributed by atoms with van der Waals surface area (Å²) in [6, 6.07) is 12.5. The maximum atomic E-state index is 13.1. The molecule has 9 heteroatoms. The number of benzene rings is 2. The van der Waals surface area contributed by atoms with Gasteiger partial charge in [0.1, 0.15) is 11.4 Å². The maximum absolute atomic E-state index is 13.1. The van der Waals surface area contributed by atoms with Gasteiger partial charge in [0.25, 0.3) is 17.5 Å². The second-order valence-corrected chi connectivity index (χ2v) is 6.72. The number of methoxy groups -OCH3 is 1. The van der Waals surface area contributed by atoms with E-state index in [-0.39, 0.29) is 23.5 Å². The number of nitrogens with one attached hydrogen (secondary N) is 1. The van der Waals surface area contributed by atoms with E-state index in [1.54, 1.807) is 24.3 Å². The highest BCUT2D eigenvalue weighted by atomic mass is 16.6. The zero-order chi connectivity index (χ0) is 22.4. The van der Waals surface area contributed by atoms with Crippen molar-refractivity contribution in [2.45, 2.75) is 13.3 Å². The Kier molecular flexibility index (Phi) is 6.99. The summed E-state index contributed by atoms with van der Waals surface area (Å²) in [5.41, 5.74) is 1.17.